The average molecular weight is 260 g/mol. The Bertz CT molecular complexity index is 388. The number of aromatic nitrogens is 3. The van der Waals surface area contributed by atoms with Gasteiger partial charge in [-0.15, -0.1) is 5.10 Å². The van der Waals surface area contributed by atoms with E-state index in [4.69, 9.17) is 0 Å². The molecule has 7 heteroatoms. The van der Waals surface area contributed by atoms with Crippen molar-refractivity contribution in [2.45, 2.75) is 26.3 Å². The molecule has 0 fully saturated rings. The van der Waals surface area contributed by atoms with Crippen LogP contribution in [0.25, 0.3) is 0 Å². The van der Waals surface area contributed by atoms with Crippen LogP contribution in [-0.4, -0.2) is 48.0 Å². The van der Waals surface area contributed by atoms with Gasteiger partial charge in [0.15, 0.2) is 0 Å². The highest BCUT2D eigenvalue weighted by molar-refractivity contribution is 7.91. The number of aryl methyl sites for hydroxylation is 1. The maximum Gasteiger partial charge on any atom is 0.150 e. The molecule has 6 nitrogen and oxygen atoms in total. The second kappa shape index (κ2) is 7.39. The molecule has 0 bridgehead atoms. The Labute approximate surface area is 102 Å². The molecule has 1 N–H and O–H groups in total. The van der Waals surface area contributed by atoms with Gasteiger partial charge in [0.25, 0.3) is 0 Å². The molecule has 0 unspecified atom stereocenters. The van der Waals surface area contributed by atoms with Crippen LogP contribution < -0.4 is 5.32 Å². The van der Waals surface area contributed by atoms with Crippen LogP contribution in [0, 0.1) is 0 Å². The first kappa shape index (κ1) is 14.1. The summed E-state index contributed by atoms with van der Waals surface area (Å²) in [5.74, 6) is 0.513. The summed E-state index contributed by atoms with van der Waals surface area (Å²) >= 11 is 0. The van der Waals surface area contributed by atoms with Gasteiger partial charge in [0, 0.05) is 18.5 Å². The lowest BCUT2D eigenvalue weighted by molar-refractivity contribution is 0.528. The topological polar surface area (TPSA) is 76.9 Å². The molecule has 1 rings (SSSR count). The van der Waals surface area contributed by atoms with Crippen LogP contribution in [-0.2, 0) is 16.4 Å². The summed E-state index contributed by atoms with van der Waals surface area (Å²) < 4.78 is 24.2. The first-order valence-corrected chi connectivity index (χ1v) is 7.71. The van der Waals surface area contributed by atoms with Crippen molar-refractivity contribution in [3.63, 3.8) is 0 Å². The molecule has 0 amide bonds. The van der Waals surface area contributed by atoms with Gasteiger partial charge in [-0.3, -0.25) is 4.68 Å². The molecule has 1 aromatic heterocycles. The van der Waals surface area contributed by atoms with Crippen LogP contribution in [0.4, 0.5) is 0 Å². The summed E-state index contributed by atoms with van der Waals surface area (Å²) in [6.45, 7) is 4.13. The van der Waals surface area contributed by atoms with Gasteiger partial charge < -0.3 is 5.32 Å². The number of hydrogen-bond acceptors (Lipinski definition) is 5. The minimum atomic E-state index is -2.81. The molecule has 0 atom stereocenters. The molecule has 0 radical (unpaired) electrons. The zero-order chi connectivity index (χ0) is 12.6. The molecule has 0 aliphatic rings. The van der Waals surface area contributed by atoms with Gasteiger partial charge in [0.1, 0.15) is 9.84 Å². The van der Waals surface area contributed by atoms with Crippen LogP contribution in [0.5, 0.6) is 0 Å². The number of nitrogens with one attached hydrogen (secondary N) is 1. The van der Waals surface area contributed by atoms with E-state index in [0.29, 0.717) is 6.42 Å². The van der Waals surface area contributed by atoms with E-state index in [1.807, 2.05) is 6.20 Å². The fourth-order valence-corrected chi connectivity index (χ4v) is 2.28. The molecule has 98 valence electrons. The molecule has 0 saturated heterocycles. The third-order valence-electron chi connectivity index (χ3n) is 2.46. The third kappa shape index (κ3) is 6.38. The van der Waals surface area contributed by atoms with Crippen molar-refractivity contribution in [3.05, 3.63) is 12.4 Å². The molecule has 17 heavy (non-hydrogen) atoms. The van der Waals surface area contributed by atoms with Crippen molar-refractivity contribution in [1.82, 2.24) is 20.3 Å². The minimum Gasteiger partial charge on any atom is -0.317 e. The highest BCUT2D eigenvalue weighted by Crippen LogP contribution is 1.92. The largest absolute Gasteiger partial charge is 0.317 e. The third-order valence-corrected chi connectivity index (χ3v) is 4.25. The normalized spacial score (nSPS) is 11.8. The van der Waals surface area contributed by atoms with Crippen molar-refractivity contribution in [2.75, 3.05) is 24.6 Å². The van der Waals surface area contributed by atoms with Crippen molar-refractivity contribution >= 4 is 9.84 Å². The first-order valence-electron chi connectivity index (χ1n) is 5.89. The lowest BCUT2D eigenvalue weighted by atomic mass is 10.4. The van der Waals surface area contributed by atoms with Crippen LogP contribution in [0.2, 0.25) is 0 Å². The first-order chi connectivity index (χ1) is 8.14. The van der Waals surface area contributed by atoms with E-state index in [-0.39, 0.29) is 11.5 Å². The number of hydrogen-bond donors (Lipinski definition) is 1. The number of sulfone groups is 1. The Morgan fingerprint density at radius 1 is 1.29 bits per heavy atom. The smallest absolute Gasteiger partial charge is 0.150 e. The van der Waals surface area contributed by atoms with E-state index in [1.54, 1.807) is 17.8 Å². The highest BCUT2D eigenvalue weighted by Gasteiger charge is 2.05. The summed E-state index contributed by atoms with van der Waals surface area (Å²) in [4.78, 5) is 0. The van der Waals surface area contributed by atoms with Crippen LogP contribution in [0.15, 0.2) is 12.4 Å². The second-order valence-electron chi connectivity index (χ2n) is 3.86. The minimum absolute atomic E-state index is 0.235. The second-order valence-corrected chi connectivity index (χ2v) is 6.33. The van der Waals surface area contributed by atoms with Crippen molar-refractivity contribution in [1.29, 1.82) is 0 Å². The van der Waals surface area contributed by atoms with Crippen molar-refractivity contribution < 1.29 is 8.42 Å². The Morgan fingerprint density at radius 3 is 2.71 bits per heavy atom. The molecule has 0 aromatic carbocycles. The van der Waals surface area contributed by atoms with Crippen LogP contribution in [0.3, 0.4) is 0 Å². The fourth-order valence-electron chi connectivity index (χ4n) is 1.40. The van der Waals surface area contributed by atoms with E-state index in [1.165, 1.54) is 0 Å². The van der Waals surface area contributed by atoms with Gasteiger partial charge in [-0.2, -0.15) is 0 Å². The van der Waals surface area contributed by atoms with Gasteiger partial charge >= 0.3 is 0 Å². The van der Waals surface area contributed by atoms with Gasteiger partial charge in [0.05, 0.1) is 11.9 Å². The van der Waals surface area contributed by atoms with Gasteiger partial charge in [-0.05, 0) is 25.9 Å². The van der Waals surface area contributed by atoms with E-state index in [2.05, 4.69) is 15.6 Å². The quantitative estimate of drug-likeness (QED) is 0.636. The zero-order valence-corrected chi connectivity index (χ0v) is 11.0. The van der Waals surface area contributed by atoms with E-state index in [9.17, 15) is 8.42 Å². The molecule has 0 aliphatic carbocycles. The Hall–Kier alpha value is -0.950. The standard InChI is InChI=1S/C10H20N4O2S/c1-2-17(15,16)10-4-6-11-5-3-8-14-9-7-12-13-14/h7,9,11H,2-6,8,10H2,1H3. The van der Waals surface area contributed by atoms with Gasteiger partial charge in [-0.25, -0.2) is 8.42 Å². The number of rotatable bonds is 9. The van der Waals surface area contributed by atoms with Gasteiger partial charge in [-0.1, -0.05) is 12.1 Å². The maximum absolute atomic E-state index is 11.2. The molecule has 1 aromatic rings. The summed E-state index contributed by atoms with van der Waals surface area (Å²) in [6.07, 6.45) is 5.13. The fraction of sp³-hybridized carbons (Fsp3) is 0.800. The van der Waals surface area contributed by atoms with E-state index in [0.717, 1.165) is 26.1 Å². The Kier molecular flexibility index (Phi) is 6.13. The summed E-state index contributed by atoms with van der Waals surface area (Å²) in [6, 6.07) is 0. The monoisotopic (exact) mass is 260 g/mol. The molecule has 0 saturated carbocycles. The average Bonchev–Trinajstić information content (AvgIpc) is 2.81. The lowest BCUT2D eigenvalue weighted by Gasteiger charge is -2.04. The summed E-state index contributed by atoms with van der Waals surface area (Å²) in [5, 5.41) is 10.8. The van der Waals surface area contributed by atoms with E-state index < -0.39 is 9.84 Å². The van der Waals surface area contributed by atoms with E-state index >= 15 is 0 Å². The Balaban J connectivity index is 1.95. The Morgan fingerprint density at radius 2 is 2.06 bits per heavy atom. The maximum atomic E-state index is 11.2. The zero-order valence-electron chi connectivity index (χ0n) is 10.2. The summed E-state index contributed by atoms with van der Waals surface area (Å²) in [7, 11) is -2.81. The van der Waals surface area contributed by atoms with Crippen molar-refractivity contribution in [3.8, 4) is 0 Å². The molecular weight excluding hydrogens is 240 g/mol. The van der Waals surface area contributed by atoms with Crippen LogP contribution >= 0.6 is 0 Å². The molecule has 1 heterocycles. The highest BCUT2D eigenvalue weighted by atomic mass is 32.2. The molecular formula is C10H20N4O2S. The molecule has 0 aliphatic heterocycles. The SMILES string of the molecule is CCS(=O)(=O)CCCNCCCn1ccnn1. The van der Waals surface area contributed by atoms with Gasteiger partial charge in [0.2, 0.25) is 0 Å². The molecule has 0 spiro atoms. The lowest BCUT2D eigenvalue weighted by Crippen LogP contribution is -2.21. The number of nitrogens with zero attached hydrogens (tertiary/aromatic N) is 3. The van der Waals surface area contributed by atoms with Crippen molar-refractivity contribution in [2.24, 2.45) is 0 Å². The van der Waals surface area contributed by atoms with Crippen LogP contribution in [0.1, 0.15) is 19.8 Å². The predicted octanol–water partition coefficient (Wildman–Crippen LogP) is 0.0826. The summed E-state index contributed by atoms with van der Waals surface area (Å²) in [5.41, 5.74) is 0. The predicted molar refractivity (Wildman–Crippen MR) is 66.5 cm³/mol.